The number of nitrogens with zero attached hydrogens (tertiary/aromatic N) is 3. The molecule has 1 heterocycles. The highest BCUT2D eigenvalue weighted by atomic mass is 79.9. The van der Waals surface area contributed by atoms with E-state index in [4.69, 9.17) is 21.7 Å². The molecule has 0 saturated carbocycles. The second-order valence-electron chi connectivity index (χ2n) is 6.32. The molecular weight excluding hydrogens is 454 g/mol. The van der Waals surface area contributed by atoms with E-state index in [-0.39, 0.29) is 12.5 Å². The lowest BCUT2D eigenvalue weighted by molar-refractivity contribution is -0.121. The summed E-state index contributed by atoms with van der Waals surface area (Å²) in [4.78, 5) is 15.5. The Labute approximate surface area is 183 Å². The van der Waals surface area contributed by atoms with Gasteiger partial charge in [-0.2, -0.15) is 5.26 Å². The van der Waals surface area contributed by atoms with Crippen molar-refractivity contribution in [2.45, 2.75) is 6.61 Å². The van der Waals surface area contributed by atoms with Crippen LogP contribution in [0.3, 0.4) is 0 Å². The topological polar surface area (TPSA) is 65.8 Å². The van der Waals surface area contributed by atoms with E-state index >= 15 is 0 Å². The van der Waals surface area contributed by atoms with Crippen LogP contribution in [0.15, 0.2) is 46.6 Å². The van der Waals surface area contributed by atoms with E-state index in [1.165, 1.54) is 4.90 Å². The maximum absolute atomic E-state index is 12.4. The van der Waals surface area contributed by atoms with Crippen molar-refractivity contribution in [2.24, 2.45) is 0 Å². The van der Waals surface area contributed by atoms with Crippen LogP contribution in [0.4, 0.5) is 0 Å². The predicted molar refractivity (Wildman–Crippen MR) is 117 cm³/mol. The van der Waals surface area contributed by atoms with Crippen LogP contribution in [0, 0.1) is 11.3 Å². The SMILES string of the molecule is COc1cc(/C=C2/C(=O)N(C)C(=S)N2C)c(Br)cc1OCc1ccccc1C#N. The van der Waals surface area contributed by atoms with Crippen molar-refractivity contribution in [1.82, 2.24) is 9.80 Å². The quantitative estimate of drug-likeness (QED) is 0.485. The normalized spacial score (nSPS) is 15.1. The average Bonchev–Trinajstić information content (AvgIpc) is 2.91. The lowest BCUT2D eigenvalue weighted by Gasteiger charge is -2.14. The summed E-state index contributed by atoms with van der Waals surface area (Å²) >= 11 is 8.78. The van der Waals surface area contributed by atoms with Gasteiger partial charge < -0.3 is 14.4 Å². The van der Waals surface area contributed by atoms with Gasteiger partial charge >= 0.3 is 0 Å². The van der Waals surface area contributed by atoms with Gasteiger partial charge in [0.25, 0.3) is 5.91 Å². The molecule has 1 aliphatic rings. The van der Waals surface area contributed by atoms with Crippen molar-refractivity contribution in [3.63, 3.8) is 0 Å². The lowest BCUT2D eigenvalue weighted by atomic mass is 10.1. The third kappa shape index (κ3) is 4.11. The zero-order valence-corrected chi connectivity index (χ0v) is 18.5. The van der Waals surface area contributed by atoms with Crippen LogP contribution in [0.25, 0.3) is 6.08 Å². The number of thiocarbonyl (C=S) groups is 1. The van der Waals surface area contributed by atoms with Gasteiger partial charge in [0, 0.05) is 24.1 Å². The summed E-state index contributed by atoms with van der Waals surface area (Å²) in [6.07, 6.45) is 1.75. The number of benzene rings is 2. The number of methoxy groups -OCH3 is 1. The fourth-order valence-electron chi connectivity index (χ4n) is 2.88. The van der Waals surface area contributed by atoms with E-state index in [0.717, 1.165) is 15.6 Å². The summed E-state index contributed by atoms with van der Waals surface area (Å²) in [6.45, 7) is 0.229. The summed E-state index contributed by atoms with van der Waals surface area (Å²) in [7, 11) is 4.95. The van der Waals surface area contributed by atoms with Gasteiger partial charge in [0.15, 0.2) is 16.6 Å². The molecule has 1 fully saturated rings. The molecule has 0 unspecified atom stereocenters. The minimum Gasteiger partial charge on any atom is -0.493 e. The molecule has 2 aromatic rings. The Morgan fingerprint density at radius 3 is 2.55 bits per heavy atom. The van der Waals surface area contributed by atoms with Gasteiger partial charge in [-0.15, -0.1) is 0 Å². The Morgan fingerprint density at radius 1 is 1.21 bits per heavy atom. The molecule has 1 amide bonds. The molecule has 3 rings (SSSR count). The lowest BCUT2D eigenvalue weighted by Crippen LogP contribution is -2.26. The molecular formula is C21H18BrN3O3S. The highest BCUT2D eigenvalue weighted by molar-refractivity contribution is 9.10. The maximum Gasteiger partial charge on any atom is 0.276 e. The summed E-state index contributed by atoms with van der Waals surface area (Å²) in [5.41, 5.74) is 2.57. The first-order valence-electron chi connectivity index (χ1n) is 8.63. The molecule has 6 nitrogen and oxygen atoms in total. The van der Waals surface area contributed by atoms with Crippen LogP contribution >= 0.6 is 28.1 Å². The predicted octanol–water partition coefficient (Wildman–Crippen LogP) is 3.94. The van der Waals surface area contributed by atoms with E-state index < -0.39 is 0 Å². The van der Waals surface area contributed by atoms with E-state index in [1.807, 2.05) is 18.2 Å². The molecule has 8 heteroatoms. The highest BCUT2D eigenvalue weighted by Crippen LogP contribution is 2.36. The van der Waals surface area contributed by atoms with E-state index in [2.05, 4.69) is 22.0 Å². The Hall–Kier alpha value is -2.89. The third-order valence-electron chi connectivity index (χ3n) is 4.56. The zero-order chi connectivity index (χ0) is 21.1. The number of hydrogen-bond donors (Lipinski definition) is 0. The summed E-state index contributed by atoms with van der Waals surface area (Å²) in [5, 5.41) is 9.67. The van der Waals surface area contributed by atoms with Crippen LogP contribution in [0.5, 0.6) is 11.5 Å². The Morgan fingerprint density at radius 2 is 1.93 bits per heavy atom. The fourth-order valence-corrected chi connectivity index (χ4v) is 3.50. The first kappa shape index (κ1) is 20.8. The molecule has 0 spiro atoms. The van der Waals surface area contributed by atoms with Crippen LogP contribution in [0.1, 0.15) is 16.7 Å². The van der Waals surface area contributed by atoms with Gasteiger partial charge in [-0.25, -0.2) is 0 Å². The Bertz CT molecular complexity index is 1060. The van der Waals surface area contributed by atoms with Gasteiger partial charge in [-0.1, -0.05) is 34.1 Å². The van der Waals surface area contributed by atoms with Gasteiger partial charge in [-0.3, -0.25) is 9.69 Å². The summed E-state index contributed by atoms with van der Waals surface area (Å²) in [5.74, 6) is 0.864. The number of amides is 1. The fraction of sp³-hybridized carbons (Fsp3) is 0.190. The second kappa shape index (κ2) is 8.64. The van der Waals surface area contributed by atoms with Gasteiger partial charge in [0.1, 0.15) is 12.3 Å². The van der Waals surface area contributed by atoms with Gasteiger partial charge in [0.05, 0.1) is 18.7 Å². The molecule has 148 valence electrons. The van der Waals surface area contributed by atoms with Crippen molar-refractivity contribution in [3.05, 3.63) is 63.3 Å². The van der Waals surface area contributed by atoms with Crippen LogP contribution in [-0.2, 0) is 11.4 Å². The molecule has 0 aliphatic carbocycles. The molecule has 29 heavy (non-hydrogen) atoms. The van der Waals surface area contributed by atoms with Crippen molar-refractivity contribution in [2.75, 3.05) is 21.2 Å². The largest absolute Gasteiger partial charge is 0.493 e. The van der Waals surface area contributed by atoms with E-state index in [0.29, 0.717) is 27.9 Å². The summed E-state index contributed by atoms with van der Waals surface area (Å²) < 4.78 is 12.1. The number of hydrogen-bond acceptors (Lipinski definition) is 5. The molecule has 1 saturated heterocycles. The molecule has 0 aromatic heterocycles. The molecule has 0 N–H and O–H groups in total. The van der Waals surface area contributed by atoms with Crippen molar-refractivity contribution < 1.29 is 14.3 Å². The smallest absolute Gasteiger partial charge is 0.276 e. The molecule has 0 atom stereocenters. The van der Waals surface area contributed by atoms with Crippen LogP contribution in [-0.4, -0.2) is 42.0 Å². The first-order chi connectivity index (χ1) is 13.9. The minimum absolute atomic E-state index is 0.170. The number of rotatable bonds is 5. The average molecular weight is 472 g/mol. The molecule has 2 aromatic carbocycles. The second-order valence-corrected chi connectivity index (χ2v) is 7.54. The number of nitriles is 1. The minimum atomic E-state index is -0.170. The maximum atomic E-state index is 12.4. The number of carbonyl (C=O) groups is 1. The van der Waals surface area contributed by atoms with Crippen molar-refractivity contribution >= 4 is 45.2 Å². The first-order valence-corrected chi connectivity index (χ1v) is 9.83. The zero-order valence-electron chi connectivity index (χ0n) is 16.1. The number of carbonyl (C=O) groups excluding carboxylic acids is 1. The Balaban J connectivity index is 1.90. The molecule has 0 radical (unpaired) electrons. The van der Waals surface area contributed by atoms with E-state index in [1.54, 1.807) is 50.4 Å². The van der Waals surface area contributed by atoms with Crippen LogP contribution in [0.2, 0.25) is 0 Å². The van der Waals surface area contributed by atoms with Gasteiger partial charge in [-0.05, 0) is 42.1 Å². The van der Waals surface area contributed by atoms with Crippen molar-refractivity contribution in [3.8, 4) is 17.6 Å². The number of likely N-dealkylation sites (N-methyl/N-ethyl adjacent to an activating group) is 2. The van der Waals surface area contributed by atoms with E-state index in [9.17, 15) is 10.1 Å². The number of ether oxygens (including phenoxy) is 2. The third-order valence-corrected chi connectivity index (χ3v) is 5.79. The monoisotopic (exact) mass is 471 g/mol. The standard InChI is InChI=1S/C21H18BrN3O3S/c1-24-17(20(26)25(2)21(24)29)8-15-9-18(27-3)19(10-16(15)22)28-12-14-7-5-4-6-13(14)11-23/h4-10H,12H2,1-3H3/b17-8-. The van der Waals surface area contributed by atoms with Crippen LogP contribution < -0.4 is 9.47 Å². The number of halogens is 1. The summed E-state index contributed by atoms with van der Waals surface area (Å²) in [6, 6.07) is 13.0. The van der Waals surface area contributed by atoms with Crippen molar-refractivity contribution in [1.29, 1.82) is 5.26 Å². The Kier molecular flexibility index (Phi) is 6.20. The van der Waals surface area contributed by atoms with Gasteiger partial charge in [0.2, 0.25) is 0 Å². The highest BCUT2D eigenvalue weighted by Gasteiger charge is 2.32. The molecule has 1 aliphatic heterocycles. The molecule has 0 bridgehead atoms.